The fourth-order valence-corrected chi connectivity index (χ4v) is 4.06. The first-order valence-corrected chi connectivity index (χ1v) is 9.21. The zero-order chi connectivity index (χ0) is 15.6. The third-order valence-corrected chi connectivity index (χ3v) is 5.78. The lowest BCUT2D eigenvalue weighted by Gasteiger charge is -2.36. The van der Waals surface area contributed by atoms with E-state index in [9.17, 15) is 4.79 Å². The molecular formula is C19H27N3O. The van der Waals surface area contributed by atoms with Gasteiger partial charge in [0, 0.05) is 37.9 Å². The molecule has 23 heavy (non-hydrogen) atoms. The third-order valence-electron chi connectivity index (χ3n) is 5.78. The molecule has 1 saturated heterocycles. The number of urea groups is 1. The zero-order valence-corrected chi connectivity index (χ0v) is 13.9. The predicted molar refractivity (Wildman–Crippen MR) is 92.9 cm³/mol. The highest BCUT2D eigenvalue weighted by atomic mass is 16.2. The second kappa shape index (κ2) is 6.52. The van der Waals surface area contributed by atoms with E-state index in [-0.39, 0.29) is 6.03 Å². The highest BCUT2D eigenvalue weighted by Gasteiger charge is 2.26. The maximum atomic E-state index is 12.2. The molecule has 4 nitrogen and oxygen atoms in total. The summed E-state index contributed by atoms with van der Waals surface area (Å²) in [5.74, 6) is 0. The van der Waals surface area contributed by atoms with Gasteiger partial charge in [-0.05, 0) is 61.8 Å². The van der Waals surface area contributed by atoms with E-state index >= 15 is 0 Å². The molecular weight excluding hydrogens is 286 g/mol. The number of anilines is 1. The standard InChI is InChI=1S/C19H27N3O/c23-19(22-10-1-2-11-22)20-17-7-6-15-8-12-21(18-4-3-5-18)13-9-16(15)14-17/h6-7,14,18H,1-5,8-13H2,(H,20,23). The van der Waals surface area contributed by atoms with E-state index in [1.54, 1.807) is 0 Å². The van der Waals surface area contributed by atoms with Gasteiger partial charge >= 0.3 is 6.03 Å². The molecule has 2 heterocycles. The molecule has 0 radical (unpaired) electrons. The molecule has 1 N–H and O–H groups in total. The van der Waals surface area contributed by atoms with E-state index in [1.807, 2.05) is 4.90 Å². The van der Waals surface area contributed by atoms with Crippen LogP contribution in [0.15, 0.2) is 18.2 Å². The first-order valence-electron chi connectivity index (χ1n) is 9.21. The van der Waals surface area contributed by atoms with Crippen molar-refractivity contribution in [2.75, 3.05) is 31.5 Å². The molecule has 2 aliphatic heterocycles. The summed E-state index contributed by atoms with van der Waals surface area (Å²) in [6.07, 6.45) is 8.69. The number of carbonyl (C=O) groups is 1. The van der Waals surface area contributed by atoms with Gasteiger partial charge in [-0.1, -0.05) is 12.5 Å². The van der Waals surface area contributed by atoms with E-state index in [4.69, 9.17) is 0 Å². The van der Waals surface area contributed by atoms with Crippen molar-refractivity contribution in [3.63, 3.8) is 0 Å². The van der Waals surface area contributed by atoms with Crippen LogP contribution in [0.2, 0.25) is 0 Å². The zero-order valence-electron chi connectivity index (χ0n) is 13.9. The van der Waals surface area contributed by atoms with Crippen molar-refractivity contribution in [3.8, 4) is 0 Å². The number of nitrogens with zero attached hydrogens (tertiary/aromatic N) is 2. The molecule has 0 atom stereocenters. The Morgan fingerprint density at radius 1 is 0.957 bits per heavy atom. The van der Waals surface area contributed by atoms with Crippen molar-refractivity contribution in [3.05, 3.63) is 29.3 Å². The van der Waals surface area contributed by atoms with Gasteiger partial charge in [0.05, 0.1) is 0 Å². The van der Waals surface area contributed by atoms with Gasteiger partial charge in [-0.25, -0.2) is 4.79 Å². The quantitative estimate of drug-likeness (QED) is 0.909. The lowest BCUT2D eigenvalue weighted by Crippen LogP contribution is -2.41. The minimum absolute atomic E-state index is 0.0622. The summed E-state index contributed by atoms with van der Waals surface area (Å²) in [6, 6.07) is 7.39. The van der Waals surface area contributed by atoms with Gasteiger partial charge in [0.25, 0.3) is 0 Å². The summed E-state index contributed by atoms with van der Waals surface area (Å²) in [4.78, 5) is 16.8. The number of hydrogen-bond acceptors (Lipinski definition) is 2. The minimum Gasteiger partial charge on any atom is -0.325 e. The van der Waals surface area contributed by atoms with E-state index in [1.165, 1.54) is 43.5 Å². The number of benzene rings is 1. The number of carbonyl (C=O) groups excluding carboxylic acids is 1. The van der Waals surface area contributed by atoms with Gasteiger partial charge in [0.15, 0.2) is 0 Å². The fourth-order valence-electron chi connectivity index (χ4n) is 4.06. The summed E-state index contributed by atoms with van der Waals surface area (Å²) >= 11 is 0. The molecule has 0 unspecified atom stereocenters. The van der Waals surface area contributed by atoms with Crippen LogP contribution in [-0.4, -0.2) is 48.1 Å². The molecule has 1 aromatic carbocycles. The molecule has 4 rings (SSSR count). The molecule has 0 spiro atoms. The minimum atomic E-state index is 0.0622. The normalized spacial score (nSPS) is 22.3. The van der Waals surface area contributed by atoms with Crippen LogP contribution in [0.5, 0.6) is 0 Å². The molecule has 3 aliphatic rings. The average Bonchev–Trinajstić information content (AvgIpc) is 2.96. The lowest BCUT2D eigenvalue weighted by atomic mass is 9.91. The Morgan fingerprint density at radius 3 is 2.39 bits per heavy atom. The Labute approximate surface area is 138 Å². The van der Waals surface area contributed by atoms with Crippen molar-refractivity contribution >= 4 is 11.7 Å². The Bertz CT molecular complexity index is 576. The van der Waals surface area contributed by atoms with Crippen LogP contribution < -0.4 is 5.32 Å². The second-order valence-corrected chi connectivity index (χ2v) is 7.23. The van der Waals surface area contributed by atoms with E-state index < -0.39 is 0 Å². The maximum absolute atomic E-state index is 12.2. The monoisotopic (exact) mass is 313 g/mol. The molecule has 1 aliphatic carbocycles. The van der Waals surface area contributed by atoms with Crippen LogP contribution in [-0.2, 0) is 12.8 Å². The molecule has 1 saturated carbocycles. The summed E-state index contributed by atoms with van der Waals surface area (Å²) in [5, 5.41) is 3.08. The summed E-state index contributed by atoms with van der Waals surface area (Å²) in [5.41, 5.74) is 3.84. The van der Waals surface area contributed by atoms with Crippen LogP contribution in [0.3, 0.4) is 0 Å². The summed E-state index contributed by atoms with van der Waals surface area (Å²) < 4.78 is 0. The van der Waals surface area contributed by atoms with Crippen molar-refractivity contribution in [2.24, 2.45) is 0 Å². The largest absolute Gasteiger partial charge is 0.325 e. The Morgan fingerprint density at radius 2 is 1.70 bits per heavy atom. The molecule has 0 bridgehead atoms. The van der Waals surface area contributed by atoms with E-state index in [0.29, 0.717) is 0 Å². The average molecular weight is 313 g/mol. The number of likely N-dealkylation sites (tertiary alicyclic amines) is 1. The topological polar surface area (TPSA) is 35.6 Å². The molecule has 1 aromatic rings. The molecule has 2 amide bonds. The van der Waals surface area contributed by atoms with Gasteiger partial charge in [-0.3, -0.25) is 4.90 Å². The number of amides is 2. The van der Waals surface area contributed by atoms with Crippen LogP contribution in [0.4, 0.5) is 10.5 Å². The summed E-state index contributed by atoms with van der Waals surface area (Å²) in [6.45, 7) is 4.15. The number of nitrogens with one attached hydrogen (secondary N) is 1. The van der Waals surface area contributed by atoms with Crippen molar-refractivity contribution in [2.45, 2.75) is 51.0 Å². The smallest absolute Gasteiger partial charge is 0.321 e. The lowest BCUT2D eigenvalue weighted by molar-refractivity contribution is 0.133. The molecule has 124 valence electrons. The Kier molecular flexibility index (Phi) is 4.25. The van der Waals surface area contributed by atoms with Crippen molar-refractivity contribution < 1.29 is 4.79 Å². The first kappa shape index (κ1) is 15.0. The SMILES string of the molecule is O=C(Nc1ccc2c(c1)CCN(C1CCC1)CC2)N1CCCC1. The van der Waals surface area contributed by atoms with E-state index in [2.05, 4.69) is 28.4 Å². The fraction of sp³-hybridized carbons (Fsp3) is 0.632. The second-order valence-electron chi connectivity index (χ2n) is 7.23. The molecule has 0 aromatic heterocycles. The van der Waals surface area contributed by atoms with Crippen LogP contribution in [0.25, 0.3) is 0 Å². The molecule has 2 fully saturated rings. The third kappa shape index (κ3) is 3.23. The predicted octanol–water partition coefficient (Wildman–Crippen LogP) is 3.27. The highest BCUT2D eigenvalue weighted by molar-refractivity contribution is 5.89. The van der Waals surface area contributed by atoms with Crippen LogP contribution >= 0.6 is 0 Å². The van der Waals surface area contributed by atoms with Gasteiger partial charge in [-0.15, -0.1) is 0 Å². The van der Waals surface area contributed by atoms with Gasteiger partial charge in [0.2, 0.25) is 0 Å². The Balaban J connectivity index is 1.42. The van der Waals surface area contributed by atoms with Gasteiger partial charge in [-0.2, -0.15) is 0 Å². The highest BCUT2D eigenvalue weighted by Crippen LogP contribution is 2.28. The number of hydrogen-bond donors (Lipinski definition) is 1. The number of rotatable bonds is 2. The molecule has 4 heteroatoms. The van der Waals surface area contributed by atoms with Crippen molar-refractivity contribution in [1.29, 1.82) is 0 Å². The van der Waals surface area contributed by atoms with Crippen LogP contribution in [0.1, 0.15) is 43.2 Å². The van der Waals surface area contributed by atoms with Gasteiger partial charge < -0.3 is 10.2 Å². The first-order chi connectivity index (χ1) is 11.3. The van der Waals surface area contributed by atoms with Crippen LogP contribution in [0, 0.1) is 0 Å². The summed E-state index contributed by atoms with van der Waals surface area (Å²) in [7, 11) is 0. The van der Waals surface area contributed by atoms with Gasteiger partial charge in [0.1, 0.15) is 0 Å². The Hall–Kier alpha value is -1.55. The maximum Gasteiger partial charge on any atom is 0.321 e. The van der Waals surface area contributed by atoms with E-state index in [0.717, 1.165) is 50.5 Å². The van der Waals surface area contributed by atoms with Crippen molar-refractivity contribution in [1.82, 2.24) is 9.80 Å². The number of fused-ring (bicyclic) bond motifs is 1.